The lowest BCUT2D eigenvalue weighted by molar-refractivity contribution is -2.00. The van der Waals surface area contributed by atoms with Gasteiger partial charge in [0.2, 0.25) is 5.89 Å². The molecule has 194 valence electrons. The normalized spacial score (nSPS) is 14.1. The monoisotopic (exact) mass is 546 g/mol. The van der Waals surface area contributed by atoms with Crippen molar-refractivity contribution in [2.45, 2.75) is 6.67 Å². The first-order chi connectivity index (χ1) is 17.8. The number of anilines is 1. The highest BCUT2D eigenvalue weighted by Gasteiger charge is 2.53. The molecular weight excluding hydrogens is 522 g/mol. The molecule has 0 N–H and O–H groups in total. The molecule has 0 aliphatic carbocycles. The van der Waals surface area contributed by atoms with E-state index in [-0.39, 0.29) is 5.89 Å². The minimum absolute atomic E-state index is 0.119. The number of rotatable bonds is 6. The van der Waals surface area contributed by atoms with Gasteiger partial charge in [0.15, 0.2) is 13.9 Å². The van der Waals surface area contributed by atoms with Crippen LogP contribution in [0.15, 0.2) is 95.4 Å². The van der Waals surface area contributed by atoms with Crippen molar-refractivity contribution in [2.75, 3.05) is 31.2 Å². The van der Waals surface area contributed by atoms with Crippen molar-refractivity contribution in [2.24, 2.45) is 0 Å². The van der Waals surface area contributed by atoms with Crippen LogP contribution >= 0.6 is 7.26 Å². The molecule has 2 heterocycles. The summed E-state index contributed by atoms with van der Waals surface area (Å²) in [6, 6.07) is 31.3. The predicted molar refractivity (Wildman–Crippen MR) is 129 cm³/mol. The molecule has 0 unspecified atom stereocenters. The van der Waals surface area contributed by atoms with E-state index in [2.05, 4.69) is 77.7 Å². The molecule has 0 atom stereocenters. The average molecular weight is 547 g/mol. The topological polar surface area (TPSA) is 131 Å². The number of aromatic nitrogens is 1. The Bertz CT molecular complexity index is 1150. The third kappa shape index (κ3) is 6.34. The summed E-state index contributed by atoms with van der Waals surface area (Å²) in [6.45, 7) is 1.85. The van der Waals surface area contributed by atoms with E-state index in [0.29, 0.717) is 32.2 Å². The van der Waals surface area contributed by atoms with E-state index in [4.69, 9.17) is 32.8 Å². The molecule has 5 rings (SSSR count). The van der Waals surface area contributed by atoms with Crippen LogP contribution in [-0.4, -0.2) is 31.3 Å². The molecule has 37 heavy (non-hydrogen) atoms. The molecule has 0 saturated carbocycles. The SMILES string of the molecule is FCc1nc([P+](c2ccccc2)(c2ccccc2)c2ccccc2)c(N2CCOCC2)o1.[O-][Cl+3]([O-])([O-])[O-]. The number of alkyl halides is 1. The van der Waals surface area contributed by atoms with Gasteiger partial charge in [-0.15, -0.1) is 10.2 Å². The third-order valence-corrected chi connectivity index (χ3v) is 9.94. The average Bonchev–Trinajstić information content (AvgIpc) is 3.35. The van der Waals surface area contributed by atoms with Gasteiger partial charge in [-0.2, -0.15) is 4.98 Å². The maximum Gasteiger partial charge on any atom is 0.262 e. The summed E-state index contributed by atoms with van der Waals surface area (Å²) in [6.07, 6.45) is 0. The van der Waals surface area contributed by atoms with E-state index in [1.807, 2.05) is 18.2 Å². The molecule has 0 bridgehead atoms. The summed E-state index contributed by atoms with van der Waals surface area (Å²) in [7, 11) is -7.40. The van der Waals surface area contributed by atoms with Crippen molar-refractivity contribution in [3.63, 3.8) is 0 Å². The fraction of sp³-hybridized carbons (Fsp3) is 0.192. The quantitative estimate of drug-likeness (QED) is 0.277. The van der Waals surface area contributed by atoms with Crippen LogP contribution in [0.1, 0.15) is 5.89 Å². The number of oxazole rings is 1. The molecule has 0 spiro atoms. The third-order valence-electron chi connectivity index (χ3n) is 5.80. The van der Waals surface area contributed by atoms with Gasteiger partial charge < -0.3 is 14.1 Å². The zero-order valence-corrected chi connectivity index (χ0v) is 21.4. The summed E-state index contributed by atoms with van der Waals surface area (Å²) in [5, 5.41) is 3.47. The van der Waals surface area contributed by atoms with E-state index >= 15 is 0 Å². The number of morpholine rings is 1. The Morgan fingerprint density at radius 3 is 1.54 bits per heavy atom. The van der Waals surface area contributed by atoms with Crippen LogP contribution in [0.3, 0.4) is 0 Å². The van der Waals surface area contributed by atoms with Gasteiger partial charge in [0.25, 0.3) is 11.3 Å². The first-order valence-electron chi connectivity index (χ1n) is 11.4. The zero-order chi connectivity index (χ0) is 26.3. The van der Waals surface area contributed by atoms with Gasteiger partial charge in [-0.1, -0.05) is 54.6 Å². The molecule has 1 aliphatic heterocycles. The number of hydrogen-bond donors (Lipinski definition) is 0. The minimum Gasteiger partial charge on any atom is -0.418 e. The Balaban J connectivity index is 0.000000586. The summed E-state index contributed by atoms with van der Waals surface area (Å²) in [5.74, 6) is 0.777. The molecule has 8 nitrogen and oxygen atoms in total. The number of halogens is 2. The highest BCUT2D eigenvalue weighted by atomic mass is 35.7. The van der Waals surface area contributed by atoms with E-state index in [9.17, 15) is 4.39 Å². The zero-order valence-electron chi connectivity index (χ0n) is 19.7. The molecule has 1 aliphatic rings. The van der Waals surface area contributed by atoms with Crippen molar-refractivity contribution in [3.8, 4) is 0 Å². The Hall–Kier alpha value is -2.88. The van der Waals surface area contributed by atoms with Crippen LogP contribution in [0.25, 0.3) is 0 Å². The largest absolute Gasteiger partial charge is 0.418 e. The van der Waals surface area contributed by atoms with Crippen molar-refractivity contribution >= 4 is 34.5 Å². The van der Waals surface area contributed by atoms with E-state index in [1.165, 1.54) is 0 Å². The molecule has 1 saturated heterocycles. The fourth-order valence-electron chi connectivity index (χ4n) is 4.36. The summed E-state index contributed by atoms with van der Waals surface area (Å²) in [5.41, 5.74) is 0.815. The Morgan fingerprint density at radius 1 is 0.757 bits per heavy atom. The number of hydrogen-bond acceptors (Lipinski definition) is 8. The van der Waals surface area contributed by atoms with Crippen molar-refractivity contribution in [1.29, 1.82) is 0 Å². The molecule has 1 aromatic heterocycles. The first-order valence-corrected chi connectivity index (χ1v) is 14.4. The maximum absolute atomic E-state index is 13.9. The van der Waals surface area contributed by atoms with E-state index in [1.54, 1.807) is 0 Å². The number of benzene rings is 3. The fourth-order valence-corrected chi connectivity index (χ4v) is 8.58. The maximum atomic E-state index is 13.9. The van der Waals surface area contributed by atoms with Gasteiger partial charge in [-0.25, -0.2) is 23.0 Å². The molecule has 0 amide bonds. The molecular formula is C26H25ClFN2O6P. The van der Waals surface area contributed by atoms with Gasteiger partial charge in [-0.3, -0.25) is 0 Å². The van der Waals surface area contributed by atoms with Gasteiger partial charge in [-0.05, 0) is 36.4 Å². The van der Waals surface area contributed by atoms with Crippen LogP contribution in [0.4, 0.5) is 10.3 Å². The molecule has 1 fully saturated rings. The number of nitrogens with zero attached hydrogens (tertiary/aromatic N) is 2. The van der Waals surface area contributed by atoms with Gasteiger partial charge in [0, 0.05) is 13.1 Å². The highest BCUT2D eigenvalue weighted by molar-refractivity contribution is 8.01. The lowest BCUT2D eigenvalue weighted by Gasteiger charge is -2.30. The second-order valence-electron chi connectivity index (χ2n) is 8.02. The first kappa shape index (κ1) is 27.2. The van der Waals surface area contributed by atoms with Crippen LogP contribution in [0, 0.1) is 10.2 Å². The summed E-state index contributed by atoms with van der Waals surface area (Å²) >= 11 is 0. The van der Waals surface area contributed by atoms with Crippen LogP contribution in [-0.2, 0) is 11.4 Å². The second-order valence-corrected chi connectivity index (χ2v) is 12.1. The Labute approximate surface area is 216 Å². The minimum atomic E-state index is -4.94. The Morgan fingerprint density at radius 2 is 1.16 bits per heavy atom. The van der Waals surface area contributed by atoms with Gasteiger partial charge in [0.1, 0.15) is 15.9 Å². The summed E-state index contributed by atoms with van der Waals surface area (Å²) < 4.78 is 59.5. The van der Waals surface area contributed by atoms with Crippen molar-refractivity contribution in [1.82, 2.24) is 4.98 Å². The molecule has 11 heteroatoms. The van der Waals surface area contributed by atoms with E-state index in [0.717, 1.165) is 21.3 Å². The lowest BCUT2D eigenvalue weighted by atomic mass is 10.4. The van der Waals surface area contributed by atoms with Crippen LogP contribution < -0.4 is 44.9 Å². The highest BCUT2D eigenvalue weighted by Crippen LogP contribution is 2.56. The van der Waals surface area contributed by atoms with Crippen LogP contribution in [0.2, 0.25) is 0 Å². The van der Waals surface area contributed by atoms with Crippen LogP contribution in [0.5, 0.6) is 0 Å². The Kier molecular flexibility index (Phi) is 8.89. The van der Waals surface area contributed by atoms with Crippen molar-refractivity contribution < 1.29 is 42.4 Å². The predicted octanol–water partition coefficient (Wildman–Crippen LogP) is -1.16. The smallest absolute Gasteiger partial charge is 0.262 e. The molecule has 4 aromatic rings. The van der Waals surface area contributed by atoms with Gasteiger partial charge >= 0.3 is 0 Å². The number of ether oxygens (including phenoxy) is 1. The van der Waals surface area contributed by atoms with E-state index < -0.39 is 24.2 Å². The lowest BCUT2D eigenvalue weighted by Crippen LogP contribution is -2.68. The van der Waals surface area contributed by atoms with Crippen molar-refractivity contribution in [3.05, 3.63) is 96.9 Å². The summed E-state index contributed by atoms with van der Waals surface area (Å²) in [4.78, 5) is 6.98. The molecule has 3 aromatic carbocycles. The standard InChI is InChI=1S/C26H25FN2O2P.ClHO4/c27-20-24-28-25(26(31-24)29-16-18-30-19-17-29)32(21-10-4-1-5-11-21,22-12-6-2-7-13-22)23-14-8-3-9-15-23;2-1(3,4)5/h1-15H,16-20H2;(H,2,3,4,5)/q+1;/p-1. The second kappa shape index (κ2) is 12.1. The molecule has 0 radical (unpaired) electrons. The van der Waals surface area contributed by atoms with Gasteiger partial charge in [0.05, 0.1) is 13.2 Å².